The molecule has 5 heteroatoms. The van der Waals surface area contributed by atoms with Crippen LogP contribution < -0.4 is 5.32 Å². The highest BCUT2D eigenvalue weighted by atomic mass is 16.5. The van der Waals surface area contributed by atoms with Crippen molar-refractivity contribution >= 4 is 0 Å². The molecule has 0 aliphatic carbocycles. The van der Waals surface area contributed by atoms with Crippen LogP contribution in [0.25, 0.3) is 0 Å². The largest absolute Gasteiger partial charge is 0.370 e. The number of aromatic nitrogens is 2. The Morgan fingerprint density at radius 1 is 1.53 bits per heavy atom. The van der Waals surface area contributed by atoms with Gasteiger partial charge in [0, 0.05) is 12.6 Å². The van der Waals surface area contributed by atoms with Gasteiger partial charge in [-0.3, -0.25) is 0 Å². The third-order valence-corrected chi connectivity index (χ3v) is 3.49. The first-order valence-electron chi connectivity index (χ1n) is 6.38. The van der Waals surface area contributed by atoms with Gasteiger partial charge < -0.3 is 14.6 Å². The zero-order chi connectivity index (χ0) is 12.3. The van der Waals surface area contributed by atoms with Gasteiger partial charge >= 0.3 is 0 Å². The lowest BCUT2D eigenvalue weighted by molar-refractivity contribution is 0.103. The van der Waals surface area contributed by atoms with Crippen molar-refractivity contribution in [1.29, 1.82) is 0 Å². The van der Waals surface area contributed by atoms with Crippen molar-refractivity contribution in [1.82, 2.24) is 15.5 Å². The van der Waals surface area contributed by atoms with Gasteiger partial charge in [-0.1, -0.05) is 12.1 Å². The molecule has 5 nitrogen and oxygen atoms in total. The summed E-state index contributed by atoms with van der Waals surface area (Å²) in [6, 6.07) is 0.331. The maximum Gasteiger partial charge on any atom is 0.231 e. The van der Waals surface area contributed by atoms with Crippen molar-refractivity contribution < 1.29 is 9.26 Å². The first-order chi connectivity index (χ1) is 8.26. The van der Waals surface area contributed by atoms with Gasteiger partial charge in [0.05, 0.1) is 5.92 Å². The second kappa shape index (κ2) is 5.60. The van der Waals surface area contributed by atoms with Crippen LogP contribution in [0.15, 0.2) is 4.52 Å². The minimum absolute atomic E-state index is 0.0369. The molecule has 0 aromatic carbocycles. The first kappa shape index (κ1) is 12.5. The highest BCUT2D eigenvalue weighted by molar-refractivity contribution is 5.00. The van der Waals surface area contributed by atoms with Crippen molar-refractivity contribution in [3.8, 4) is 0 Å². The summed E-state index contributed by atoms with van der Waals surface area (Å²) in [4.78, 5) is 4.49. The van der Waals surface area contributed by atoms with Crippen LogP contribution in [0.3, 0.4) is 0 Å². The minimum atomic E-state index is 0.0369. The van der Waals surface area contributed by atoms with E-state index in [1.807, 2.05) is 7.05 Å². The van der Waals surface area contributed by atoms with Gasteiger partial charge in [-0.05, 0) is 33.2 Å². The summed E-state index contributed by atoms with van der Waals surface area (Å²) in [6.45, 7) is 5.07. The van der Waals surface area contributed by atoms with Gasteiger partial charge in [0.15, 0.2) is 0 Å². The maximum atomic E-state index is 5.55. The fraction of sp³-hybridized carbons (Fsp3) is 0.833. The van der Waals surface area contributed by atoms with E-state index in [9.17, 15) is 0 Å². The third kappa shape index (κ3) is 2.66. The summed E-state index contributed by atoms with van der Waals surface area (Å²) >= 11 is 0. The molecule has 3 unspecified atom stereocenters. The normalized spacial score (nSPS) is 23.8. The number of rotatable bonds is 5. The van der Waals surface area contributed by atoms with E-state index in [1.54, 1.807) is 0 Å². The molecule has 0 spiro atoms. The van der Waals surface area contributed by atoms with Crippen molar-refractivity contribution in [2.24, 2.45) is 0 Å². The Balaban J connectivity index is 2.10. The Morgan fingerprint density at radius 2 is 2.35 bits per heavy atom. The third-order valence-electron chi connectivity index (χ3n) is 3.49. The Kier molecular flexibility index (Phi) is 4.12. The summed E-state index contributed by atoms with van der Waals surface area (Å²) in [5, 5.41) is 7.28. The first-order valence-corrected chi connectivity index (χ1v) is 6.38. The molecule has 0 bridgehead atoms. The molecule has 0 saturated carbocycles. The lowest BCUT2D eigenvalue weighted by Gasteiger charge is -2.17. The molecule has 1 aliphatic rings. The zero-order valence-corrected chi connectivity index (χ0v) is 10.8. The molecule has 17 heavy (non-hydrogen) atoms. The Morgan fingerprint density at radius 3 is 2.94 bits per heavy atom. The van der Waals surface area contributed by atoms with Gasteiger partial charge in [0.25, 0.3) is 0 Å². The topological polar surface area (TPSA) is 60.2 Å². The van der Waals surface area contributed by atoms with E-state index in [4.69, 9.17) is 9.26 Å². The molecule has 1 aliphatic heterocycles. The second-order valence-corrected chi connectivity index (χ2v) is 4.58. The van der Waals surface area contributed by atoms with Gasteiger partial charge in [0.2, 0.25) is 11.7 Å². The van der Waals surface area contributed by atoms with Gasteiger partial charge in [-0.15, -0.1) is 0 Å². The average Bonchev–Trinajstić information content (AvgIpc) is 2.99. The number of likely N-dealkylation sites (N-methyl/N-ethyl adjacent to an activating group) is 1. The van der Waals surface area contributed by atoms with Crippen molar-refractivity contribution in [2.75, 3.05) is 13.7 Å². The fourth-order valence-electron chi connectivity index (χ4n) is 2.25. The van der Waals surface area contributed by atoms with Crippen LogP contribution in [0.2, 0.25) is 0 Å². The molecule has 1 saturated heterocycles. The number of nitrogens with zero attached hydrogens (tertiary/aromatic N) is 2. The summed E-state index contributed by atoms with van der Waals surface area (Å²) in [7, 11) is 1.95. The molecule has 3 atom stereocenters. The lowest BCUT2D eigenvalue weighted by Crippen LogP contribution is -2.28. The van der Waals surface area contributed by atoms with E-state index in [0.29, 0.717) is 11.9 Å². The summed E-state index contributed by atoms with van der Waals surface area (Å²) in [5.41, 5.74) is 0. The molecule has 1 N–H and O–H groups in total. The molecule has 2 rings (SSSR count). The molecular weight excluding hydrogens is 218 g/mol. The van der Waals surface area contributed by atoms with E-state index in [1.165, 1.54) is 0 Å². The molecule has 1 fully saturated rings. The number of ether oxygens (including phenoxy) is 1. The highest BCUT2D eigenvalue weighted by Crippen LogP contribution is 2.28. The second-order valence-electron chi connectivity index (χ2n) is 4.58. The van der Waals surface area contributed by atoms with Crippen LogP contribution in [0.1, 0.15) is 56.8 Å². The number of hydrogen-bond donors (Lipinski definition) is 1. The smallest absolute Gasteiger partial charge is 0.231 e. The maximum absolute atomic E-state index is 5.55. The van der Waals surface area contributed by atoms with Gasteiger partial charge in [-0.2, -0.15) is 4.98 Å². The van der Waals surface area contributed by atoms with Crippen molar-refractivity contribution in [3.63, 3.8) is 0 Å². The molecule has 96 valence electrons. The van der Waals surface area contributed by atoms with E-state index in [2.05, 4.69) is 29.3 Å². The lowest BCUT2D eigenvalue weighted by atomic mass is 9.98. The van der Waals surface area contributed by atoms with Crippen LogP contribution >= 0.6 is 0 Å². The van der Waals surface area contributed by atoms with Crippen molar-refractivity contribution in [2.45, 2.75) is 51.2 Å². The minimum Gasteiger partial charge on any atom is -0.370 e. The van der Waals surface area contributed by atoms with E-state index >= 15 is 0 Å². The van der Waals surface area contributed by atoms with E-state index in [0.717, 1.165) is 31.8 Å². The summed E-state index contributed by atoms with van der Waals surface area (Å²) < 4.78 is 10.9. The van der Waals surface area contributed by atoms with Crippen LogP contribution in [-0.4, -0.2) is 29.8 Å². The van der Waals surface area contributed by atoms with E-state index < -0.39 is 0 Å². The number of nitrogens with one attached hydrogen (secondary N) is 1. The Hall–Kier alpha value is -0.940. The Labute approximate surface area is 102 Å². The molecule has 2 heterocycles. The standard InChI is InChI=1S/C12H21N3O2/c1-4-9(8(2)13-3)12-14-11(15-17-12)10-6-5-7-16-10/h8-10,13H,4-7H2,1-3H3. The van der Waals surface area contributed by atoms with Gasteiger partial charge in [0.1, 0.15) is 6.10 Å². The predicted octanol–water partition coefficient (Wildman–Crippen LogP) is 2.02. The zero-order valence-electron chi connectivity index (χ0n) is 10.8. The molecule has 0 radical (unpaired) electrons. The molecule has 1 aromatic heterocycles. The predicted molar refractivity (Wildman–Crippen MR) is 63.8 cm³/mol. The SMILES string of the molecule is CCC(c1nc(C2CCCO2)no1)C(C)NC. The molecule has 1 aromatic rings. The monoisotopic (exact) mass is 239 g/mol. The summed E-state index contributed by atoms with van der Waals surface area (Å²) in [5.74, 6) is 1.70. The highest BCUT2D eigenvalue weighted by Gasteiger charge is 2.27. The van der Waals surface area contributed by atoms with Crippen molar-refractivity contribution in [3.05, 3.63) is 11.7 Å². The Bertz CT molecular complexity index is 347. The summed E-state index contributed by atoms with van der Waals surface area (Å²) in [6.07, 6.45) is 3.10. The van der Waals surface area contributed by atoms with Crippen LogP contribution in [0.5, 0.6) is 0 Å². The quantitative estimate of drug-likeness (QED) is 0.851. The molecular formula is C12H21N3O2. The fourth-order valence-corrected chi connectivity index (χ4v) is 2.25. The molecule has 0 amide bonds. The van der Waals surface area contributed by atoms with Crippen LogP contribution in [-0.2, 0) is 4.74 Å². The number of hydrogen-bond acceptors (Lipinski definition) is 5. The van der Waals surface area contributed by atoms with E-state index in [-0.39, 0.29) is 12.0 Å². The van der Waals surface area contributed by atoms with Crippen LogP contribution in [0, 0.1) is 0 Å². The van der Waals surface area contributed by atoms with Gasteiger partial charge in [-0.25, -0.2) is 0 Å². The average molecular weight is 239 g/mol. The van der Waals surface area contributed by atoms with Crippen LogP contribution in [0.4, 0.5) is 0 Å².